The molecule has 1 aliphatic heterocycles. The minimum atomic E-state index is -0.194. The number of benzene rings is 1. The van der Waals surface area contributed by atoms with Crippen LogP contribution in [0, 0.1) is 0 Å². The first-order valence-corrected chi connectivity index (χ1v) is 7.06. The van der Waals surface area contributed by atoms with Crippen LogP contribution >= 0.6 is 11.6 Å². The molecule has 5 nitrogen and oxygen atoms in total. The predicted molar refractivity (Wildman–Crippen MR) is 80.7 cm³/mol. The van der Waals surface area contributed by atoms with Crippen molar-refractivity contribution in [3.63, 3.8) is 0 Å². The summed E-state index contributed by atoms with van der Waals surface area (Å²) in [7, 11) is 3.65. The van der Waals surface area contributed by atoms with Gasteiger partial charge in [-0.3, -0.25) is 0 Å². The SMILES string of the molecule is COc1ccc(NC(=O)NC2CCN(C)CC2)cc1Cl. The average molecular weight is 298 g/mol. The van der Waals surface area contributed by atoms with Crippen molar-refractivity contribution >= 4 is 23.3 Å². The van der Waals surface area contributed by atoms with E-state index >= 15 is 0 Å². The predicted octanol–water partition coefficient (Wildman–Crippen LogP) is 2.56. The number of urea groups is 1. The van der Waals surface area contributed by atoms with Gasteiger partial charge in [0.05, 0.1) is 12.1 Å². The van der Waals surface area contributed by atoms with E-state index < -0.39 is 0 Å². The van der Waals surface area contributed by atoms with Gasteiger partial charge in [-0.1, -0.05) is 11.6 Å². The van der Waals surface area contributed by atoms with Gasteiger partial charge in [-0.25, -0.2) is 4.79 Å². The molecular formula is C14H20ClN3O2. The van der Waals surface area contributed by atoms with Crippen LogP contribution in [-0.4, -0.2) is 44.2 Å². The van der Waals surface area contributed by atoms with E-state index in [1.807, 2.05) is 0 Å². The molecular weight excluding hydrogens is 278 g/mol. The zero-order chi connectivity index (χ0) is 14.5. The highest BCUT2D eigenvalue weighted by Crippen LogP contribution is 2.27. The van der Waals surface area contributed by atoms with Gasteiger partial charge >= 0.3 is 6.03 Å². The lowest BCUT2D eigenvalue weighted by atomic mass is 10.1. The van der Waals surface area contributed by atoms with Crippen LogP contribution in [0.4, 0.5) is 10.5 Å². The standard InChI is InChI=1S/C14H20ClN3O2/c1-18-7-5-10(6-8-18)16-14(19)17-11-3-4-13(20-2)12(15)9-11/h3-4,9-10H,5-8H2,1-2H3,(H2,16,17,19). The number of carbonyl (C=O) groups excluding carboxylic acids is 1. The number of halogens is 1. The molecule has 1 aromatic rings. The molecule has 1 heterocycles. The lowest BCUT2D eigenvalue weighted by Crippen LogP contribution is -2.44. The monoisotopic (exact) mass is 297 g/mol. The molecule has 20 heavy (non-hydrogen) atoms. The fourth-order valence-corrected chi connectivity index (χ4v) is 2.51. The van der Waals surface area contributed by atoms with Crippen LogP contribution in [0.2, 0.25) is 5.02 Å². The second-order valence-corrected chi connectivity index (χ2v) is 5.43. The van der Waals surface area contributed by atoms with Gasteiger partial charge in [0.2, 0.25) is 0 Å². The summed E-state index contributed by atoms with van der Waals surface area (Å²) in [4.78, 5) is 14.2. The second-order valence-electron chi connectivity index (χ2n) is 5.03. The van der Waals surface area contributed by atoms with Crippen LogP contribution in [-0.2, 0) is 0 Å². The highest BCUT2D eigenvalue weighted by molar-refractivity contribution is 6.32. The number of likely N-dealkylation sites (tertiary alicyclic amines) is 1. The Balaban J connectivity index is 1.86. The van der Waals surface area contributed by atoms with Gasteiger partial charge in [-0.2, -0.15) is 0 Å². The maximum Gasteiger partial charge on any atom is 0.319 e. The van der Waals surface area contributed by atoms with E-state index in [0.717, 1.165) is 25.9 Å². The van der Waals surface area contributed by atoms with E-state index in [9.17, 15) is 4.79 Å². The number of methoxy groups -OCH3 is 1. The van der Waals surface area contributed by atoms with Crippen LogP contribution in [0.15, 0.2) is 18.2 Å². The zero-order valence-corrected chi connectivity index (χ0v) is 12.5. The van der Waals surface area contributed by atoms with Crippen molar-refractivity contribution in [2.75, 3.05) is 32.6 Å². The summed E-state index contributed by atoms with van der Waals surface area (Å²) in [5.41, 5.74) is 0.654. The molecule has 110 valence electrons. The number of carbonyl (C=O) groups is 1. The molecule has 6 heteroatoms. The molecule has 1 fully saturated rings. The molecule has 0 bridgehead atoms. The molecule has 0 unspecified atom stereocenters. The van der Waals surface area contributed by atoms with Crippen LogP contribution in [0.25, 0.3) is 0 Å². The van der Waals surface area contributed by atoms with Gasteiger partial charge < -0.3 is 20.3 Å². The molecule has 1 saturated heterocycles. The first-order chi connectivity index (χ1) is 9.58. The number of nitrogens with one attached hydrogen (secondary N) is 2. The summed E-state index contributed by atoms with van der Waals surface area (Å²) in [6.45, 7) is 2.03. The zero-order valence-electron chi connectivity index (χ0n) is 11.8. The minimum absolute atomic E-state index is 0.194. The summed E-state index contributed by atoms with van der Waals surface area (Å²) in [6, 6.07) is 5.21. The van der Waals surface area contributed by atoms with Gasteiger partial charge in [-0.15, -0.1) is 0 Å². The highest BCUT2D eigenvalue weighted by atomic mass is 35.5. The normalized spacial score (nSPS) is 16.8. The molecule has 0 spiro atoms. The van der Waals surface area contributed by atoms with Crippen molar-refractivity contribution in [3.05, 3.63) is 23.2 Å². The number of anilines is 1. The largest absolute Gasteiger partial charge is 0.495 e. The van der Waals surface area contributed by atoms with Gasteiger partial charge in [0.1, 0.15) is 5.75 Å². The van der Waals surface area contributed by atoms with E-state index in [0.29, 0.717) is 16.5 Å². The fourth-order valence-electron chi connectivity index (χ4n) is 2.25. The third-order valence-corrected chi connectivity index (χ3v) is 3.76. The van der Waals surface area contributed by atoms with Crippen LogP contribution in [0.5, 0.6) is 5.75 Å². The summed E-state index contributed by atoms with van der Waals surface area (Å²) < 4.78 is 5.07. The molecule has 0 radical (unpaired) electrons. The maximum atomic E-state index is 11.9. The van der Waals surface area contributed by atoms with Crippen molar-refractivity contribution in [3.8, 4) is 5.75 Å². The Bertz CT molecular complexity index is 473. The fraction of sp³-hybridized carbons (Fsp3) is 0.500. The quantitative estimate of drug-likeness (QED) is 0.901. The Morgan fingerprint density at radius 1 is 1.40 bits per heavy atom. The number of nitrogens with zero attached hydrogens (tertiary/aromatic N) is 1. The molecule has 1 aromatic carbocycles. The third kappa shape index (κ3) is 4.02. The van der Waals surface area contributed by atoms with Gasteiger partial charge in [-0.05, 0) is 51.2 Å². The van der Waals surface area contributed by atoms with E-state index in [1.165, 1.54) is 0 Å². The summed E-state index contributed by atoms with van der Waals surface area (Å²) >= 11 is 6.02. The topological polar surface area (TPSA) is 53.6 Å². The van der Waals surface area contributed by atoms with Crippen molar-refractivity contribution in [2.45, 2.75) is 18.9 Å². The molecule has 0 aromatic heterocycles. The van der Waals surface area contributed by atoms with Crippen molar-refractivity contribution in [1.82, 2.24) is 10.2 Å². The summed E-state index contributed by atoms with van der Waals surface area (Å²) in [5, 5.41) is 6.25. The number of hydrogen-bond acceptors (Lipinski definition) is 3. The first-order valence-electron chi connectivity index (χ1n) is 6.68. The Morgan fingerprint density at radius 3 is 2.70 bits per heavy atom. The first kappa shape index (κ1) is 14.9. The van der Waals surface area contributed by atoms with E-state index in [1.54, 1.807) is 25.3 Å². The van der Waals surface area contributed by atoms with Crippen molar-refractivity contribution < 1.29 is 9.53 Å². The number of amides is 2. The van der Waals surface area contributed by atoms with E-state index in [-0.39, 0.29) is 12.1 Å². The molecule has 0 aliphatic carbocycles. The Labute approximate surface area is 124 Å². The van der Waals surface area contributed by atoms with Gasteiger partial charge in [0, 0.05) is 11.7 Å². The molecule has 0 saturated carbocycles. The van der Waals surface area contributed by atoms with Gasteiger partial charge in [0.25, 0.3) is 0 Å². The summed E-state index contributed by atoms with van der Waals surface area (Å²) in [5.74, 6) is 0.591. The number of piperidine rings is 1. The van der Waals surface area contributed by atoms with Gasteiger partial charge in [0.15, 0.2) is 0 Å². The molecule has 2 N–H and O–H groups in total. The maximum absolute atomic E-state index is 11.9. The number of rotatable bonds is 3. The second kappa shape index (κ2) is 6.81. The lowest BCUT2D eigenvalue weighted by molar-refractivity contribution is 0.221. The van der Waals surface area contributed by atoms with Crippen molar-refractivity contribution in [1.29, 1.82) is 0 Å². The minimum Gasteiger partial charge on any atom is -0.495 e. The van der Waals surface area contributed by atoms with Crippen LogP contribution < -0.4 is 15.4 Å². The lowest BCUT2D eigenvalue weighted by Gasteiger charge is -2.29. The highest BCUT2D eigenvalue weighted by Gasteiger charge is 2.18. The van der Waals surface area contributed by atoms with E-state index in [4.69, 9.17) is 16.3 Å². The molecule has 1 aliphatic rings. The number of ether oxygens (including phenoxy) is 1. The average Bonchev–Trinajstić information content (AvgIpc) is 2.41. The smallest absolute Gasteiger partial charge is 0.319 e. The summed E-state index contributed by atoms with van der Waals surface area (Å²) in [6.07, 6.45) is 1.96. The molecule has 2 amide bonds. The Hall–Kier alpha value is -1.46. The Morgan fingerprint density at radius 2 is 2.10 bits per heavy atom. The van der Waals surface area contributed by atoms with Crippen LogP contribution in [0.1, 0.15) is 12.8 Å². The number of hydrogen-bond donors (Lipinski definition) is 2. The Kier molecular flexibility index (Phi) is 5.09. The third-order valence-electron chi connectivity index (χ3n) is 3.46. The molecule has 2 rings (SSSR count). The van der Waals surface area contributed by atoms with Crippen LogP contribution in [0.3, 0.4) is 0 Å². The molecule has 0 atom stereocenters. The van der Waals surface area contributed by atoms with Crippen molar-refractivity contribution in [2.24, 2.45) is 0 Å². The van der Waals surface area contributed by atoms with E-state index in [2.05, 4.69) is 22.6 Å².